The van der Waals surface area contributed by atoms with Gasteiger partial charge in [-0.25, -0.2) is 0 Å². The summed E-state index contributed by atoms with van der Waals surface area (Å²) in [4.78, 5) is 12.1. The zero-order valence-electron chi connectivity index (χ0n) is 11.9. The molecule has 0 aromatic heterocycles. The van der Waals surface area contributed by atoms with Crippen LogP contribution in [0.2, 0.25) is 0 Å². The molecule has 1 aliphatic heterocycles. The second kappa shape index (κ2) is 5.58. The summed E-state index contributed by atoms with van der Waals surface area (Å²) in [6, 6.07) is 17.6. The normalized spacial score (nSPS) is 15.9. The fourth-order valence-electron chi connectivity index (χ4n) is 2.15. The van der Waals surface area contributed by atoms with Crippen LogP contribution < -0.4 is 10.6 Å². The third-order valence-corrected chi connectivity index (χ3v) is 3.59. The zero-order chi connectivity index (χ0) is 14.7. The van der Waals surface area contributed by atoms with E-state index in [0.717, 1.165) is 17.1 Å². The van der Waals surface area contributed by atoms with Gasteiger partial charge in [-0.15, -0.1) is 0 Å². The Kier molecular flexibility index (Phi) is 3.62. The minimum absolute atomic E-state index is 0.0116. The number of carbonyl (C=O) groups excluding carboxylic acids is 1. The molecule has 1 aliphatic rings. The predicted molar refractivity (Wildman–Crippen MR) is 83.7 cm³/mol. The predicted octanol–water partition coefficient (Wildman–Crippen LogP) is 3.41. The third-order valence-electron chi connectivity index (χ3n) is 3.59. The van der Waals surface area contributed by atoms with Crippen molar-refractivity contribution in [1.29, 1.82) is 0 Å². The zero-order valence-corrected chi connectivity index (χ0v) is 11.9. The van der Waals surface area contributed by atoms with E-state index in [4.69, 9.17) is 4.74 Å². The van der Waals surface area contributed by atoms with Crippen molar-refractivity contribution in [3.05, 3.63) is 54.6 Å². The van der Waals surface area contributed by atoms with Crippen LogP contribution >= 0.6 is 0 Å². The molecule has 1 amide bonds. The quantitative estimate of drug-likeness (QED) is 0.903. The van der Waals surface area contributed by atoms with Crippen LogP contribution in [0.4, 0.5) is 17.1 Å². The summed E-state index contributed by atoms with van der Waals surface area (Å²) in [6.45, 7) is 2.90. The molecule has 2 aromatic rings. The van der Waals surface area contributed by atoms with E-state index in [9.17, 15) is 4.79 Å². The van der Waals surface area contributed by atoms with Crippen molar-refractivity contribution in [1.82, 2.24) is 0 Å². The molecule has 0 bridgehead atoms. The van der Waals surface area contributed by atoms with Gasteiger partial charge in [0.2, 0.25) is 5.91 Å². The minimum Gasteiger partial charge on any atom is -0.379 e. The van der Waals surface area contributed by atoms with E-state index in [1.807, 2.05) is 61.5 Å². The van der Waals surface area contributed by atoms with Gasteiger partial charge in [0.25, 0.3) is 0 Å². The highest BCUT2D eigenvalue weighted by atomic mass is 16.5. The molecule has 2 N–H and O–H groups in total. The minimum atomic E-state index is -0.388. The van der Waals surface area contributed by atoms with Crippen molar-refractivity contribution in [2.75, 3.05) is 23.8 Å². The number of amides is 1. The van der Waals surface area contributed by atoms with Crippen LogP contribution in [-0.2, 0) is 9.53 Å². The van der Waals surface area contributed by atoms with Crippen LogP contribution in [0.25, 0.3) is 0 Å². The van der Waals surface area contributed by atoms with Crippen molar-refractivity contribution < 1.29 is 9.53 Å². The van der Waals surface area contributed by atoms with Gasteiger partial charge in [-0.05, 0) is 43.3 Å². The molecule has 4 nitrogen and oxygen atoms in total. The molecule has 0 unspecified atom stereocenters. The van der Waals surface area contributed by atoms with Gasteiger partial charge in [0.15, 0.2) is 0 Å². The Morgan fingerprint density at radius 1 is 0.952 bits per heavy atom. The standard InChI is InChI=1S/C17H18N2O2/c1-17(11-21-12-17)16(20)19-15-9-7-14(8-10-15)18-13-5-3-2-4-6-13/h2-10,18H,11-12H2,1H3,(H,19,20). The van der Waals surface area contributed by atoms with E-state index in [0.29, 0.717) is 13.2 Å². The lowest BCUT2D eigenvalue weighted by Gasteiger charge is -2.36. The second-order valence-electron chi connectivity index (χ2n) is 5.58. The lowest BCUT2D eigenvalue weighted by molar-refractivity contribution is -0.151. The Morgan fingerprint density at radius 2 is 1.52 bits per heavy atom. The van der Waals surface area contributed by atoms with Gasteiger partial charge in [-0.2, -0.15) is 0 Å². The molecule has 0 atom stereocenters. The molecule has 4 heteroatoms. The van der Waals surface area contributed by atoms with E-state index in [1.54, 1.807) is 0 Å². The van der Waals surface area contributed by atoms with Crippen LogP contribution in [0.5, 0.6) is 0 Å². The fourth-order valence-corrected chi connectivity index (χ4v) is 2.15. The maximum atomic E-state index is 12.1. The smallest absolute Gasteiger partial charge is 0.234 e. The number of carbonyl (C=O) groups is 1. The molecule has 3 rings (SSSR count). The molecule has 0 radical (unpaired) electrons. The Bertz CT molecular complexity index is 619. The topological polar surface area (TPSA) is 50.4 Å². The van der Waals surface area contributed by atoms with Gasteiger partial charge >= 0.3 is 0 Å². The summed E-state index contributed by atoms with van der Waals surface area (Å²) >= 11 is 0. The Morgan fingerprint density at radius 3 is 2.10 bits per heavy atom. The van der Waals surface area contributed by atoms with Crippen LogP contribution in [-0.4, -0.2) is 19.1 Å². The van der Waals surface area contributed by atoms with Crippen molar-refractivity contribution in [3.63, 3.8) is 0 Å². The Hall–Kier alpha value is -2.33. The Labute approximate surface area is 124 Å². The Balaban J connectivity index is 1.63. The van der Waals surface area contributed by atoms with E-state index >= 15 is 0 Å². The summed E-state index contributed by atoms with van der Waals surface area (Å²) in [5.74, 6) is 0.0116. The number of ether oxygens (including phenoxy) is 1. The highest BCUT2D eigenvalue weighted by molar-refractivity contribution is 5.96. The summed E-state index contributed by atoms with van der Waals surface area (Å²) in [7, 11) is 0. The fraction of sp³-hybridized carbons (Fsp3) is 0.235. The number of hydrogen-bond donors (Lipinski definition) is 2. The maximum Gasteiger partial charge on any atom is 0.234 e. The SMILES string of the molecule is CC1(C(=O)Nc2ccc(Nc3ccccc3)cc2)COC1. The van der Waals surface area contributed by atoms with Crippen molar-refractivity contribution in [3.8, 4) is 0 Å². The van der Waals surface area contributed by atoms with E-state index in [2.05, 4.69) is 10.6 Å². The number of benzene rings is 2. The summed E-state index contributed by atoms with van der Waals surface area (Å²) in [6.07, 6.45) is 0. The van der Waals surface area contributed by atoms with Crippen molar-refractivity contribution >= 4 is 23.0 Å². The number of para-hydroxylation sites is 1. The van der Waals surface area contributed by atoms with Gasteiger partial charge in [0, 0.05) is 17.1 Å². The molecule has 1 saturated heterocycles. The van der Waals surface area contributed by atoms with E-state index in [-0.39, 0.29) is 11.3 Å². The molecule has 0 spiro atoms. The molecular formula is C17H18N2O2. The monoisotopic (exact) mass is 282 g/mol. The first-order chi connectivity index (χ1) is 10.2. The lowest BCUT2D eigenvalue weighted by atomic mass is 9.87. The average Bonchev–Trinajstić information content (AvgIpc) is 2.48. The second-order valence-corrected chi connectivity index (χ2v) is 5.58. The molecular weight excluding hydrogens is 264 g/mol. The van der Waals surface area contributed by atoms with Gasteiger partial charge in [-0.1, -0.05) is 18.2 Å². The first kappa shape index (κ1) is 13.6. The number of hydrogen-bond acceptors (Lipinski definition) is 3. The first-order valence-electron chi connectivity index (χ1n) is 6.97. The molecule has 1 fully saturated rings. The number of anilines is 3. The van der Waals surface area contributed by atoms with Crippen LogP contribution in [0.1, 0.15) is 6.92 Å². The van der Waals surface area contributed by atoms with Gasteiger partial charge in [0.05, 0.1) is 18.6 Å². The van der Waals surface area contributed by atoms with E-state index < -0.39 is 0 Å². The van der Waals surface area contributed by atoms with Crippen LogP contribution in [0.3, 0.4) is 0 Å². The summed E-state index contributed by atoms with van der Waals surface area (Å²) in [5.41, 5.74) is 2.43. The van der Waals surface area contributed by atoms with Crippen molar-refractivity contribution in [2.24, 2.45) is 5.41 Å². The highest BCUT2D eigenvalue weighted by Gasteiger charge is 2.40. The number of rotatable bonds is 4. The molecule has 1 heterocycles. The average molecular weight is 282 g/mol. The van der Waals surface area contributed by atoms with Crippen LogP contribution in [0.15, 0.2) is 54.6 Å². The summed E-state index contributed by atoms with van der Waals surface area (Å²) in [5, 5.41) is 6.23. The number of nitrogens with one attached hydrogen (secondary N) is 2. The molecule has 0 aliphatic carbocycles. The summed E-state index contributed by atoms with van der Waals surface area (Å²) < 4.78 is 5.11. The molecule has 2 aromatic carbocycles. The van der Waals surface area contributed by atoms with Crippen LogP contribution in [0, 0.1) is 5.41 Å². The first-order valence-corrected chi connectivity index (χ1v) is 6.97. The van der Waals surface area contributed by atoms with E-state index in [1.165, 1.54) is 0 Å². The van der Waals surface area contributed by atoms with Crippen molar-refractivity contribution in [2.45, 2.75) is 6.92 Å². The largest absolute Gasteiger partial charge is 0.379 e. The van der Waals surface area contributed by atoms with Gasteiger partial charge in [0.1, 0.15) is 0 Å². The highest BCUT2D eigenvalue weighted by Crippen LogP contribution is 2.28. The third kappa shape index (κ3) is 3.06. The maximum absolute atomic E-state index is 12.1. The van der Waals surface area contributed by atoms with Gasteiger partial charge < -0.3 is 15.4 Å². The lowest BCUT2D eigenvalue weighted by Crippen LogP contribution is -2.49. The van der Waals surface area contributed by atoms with Gasteiger partial charge in [-0.3, -0.25) is 4.79 Å². The molecule has 0 saturated carbocycles. The molecule has 108 valence electrons. The molecule has 21 heavy (non-hydrogen) atoms.